The van der Waals surface area contributed by atoms with Crippen molar-refractivity contribution >= 4 is 5.91 Å². The van der Waals surface area contributed by atoms with Gasteiger partial charge < -0.3 is 9.64 Å². The molecular formula is C15H28N2O2. The quantitative estimate of drug-likeness (QED) is 0.778. The number of hydrogen-bond acceptors (Lipinski definition) is 3. The van der Waals surface area contributed by atoms with Crippen molar-refractivity contribution in [1.82, 2.24) is 9.80 Å². The molecule has 0 saturated carbocycles. The number of nitrogens with zero attached hydrogens (tertiary/aromatic N) is 2. The SMILES string of the molecule is COC[C@H]1CCN(C(=O)[C@@H]2CCCCN2C(C)C)C1. The summed E-state index contributed by atoms with van der Waals surface area (Å²) in [5.41, 5.74) is 0. The largest absolute Gasteiger partial charge is 0.384 e. The molecule has 1 amide bonds. The van der Waals surface area contributed by atoms with Gasteiger partial charge in [-0.25, -0.2) is 0 Å². The third-order valence-electron chi connectivity index (χ3n) is 4.49. The minimum absolute atomic E-state index is 0.120. The topological polar surface area (TPSA) is 32.8 Å². The fraction of sp³-hybridized carbons (Fsp3) is 0.933. The monoisotopic (exact) mass is 268 g/mol. The maximum absolute atomic E-state index is 12.7. The van der Waals surface area contributed by atoms with Gasteiger partial charge in [0.05, 0.1) is 12.6 Å². The van der Waals surface area contributed by atoms with Crippen molar-refractivity contribution in [2.45, 2.75) is 51.6 Å². The third kappa shape index (κ3) is 3.48. The number of methoxy groups -OCH3 is 1. The summed E-state index contributed by atoms with van der Waals surface area (Å²) < 4.78 is 5.21. The summed E-state index contributed by atoms with van der Waals surface area (Å²) in [5.74, 6) is 0.886. The van der Waals surface area contributed by atoms with Gasteiger partial charge in [-0.3, -0.25) is 9.69 Å². The summed E-state index contributed by atoms with van der Waals surface area (Å²) in [7, 11) is 1.74. The molecule has 2 heterocycles. The molecule has 0 aromatic heterocycles. The van der Waals surface area contributed by atoms with Crippen LogP contribution in [0, 0.1) is 5.92 Å². The second kappa shape index (κ2) is 6.71. The maximum atomic E-state index is 12.7. The molecular weight excluding hydrogens is 240 g/mol. The molecule has 4 heteroatoms. The molecule has 110 valence electrons. The smallest absolute Gasteiger partial charge is 0.239 e. The van der Waals surface area contributed by atoms with E-state index in [2.05, 4.69) is 23.6 Å². The van der Waals surface area contributed by atoms with Crippen LogP contribution in [-0.4, -0.2) is 61.1 Å². The Labute approximate surface area is 117 Å². The van der Waals surface area contributed by atoms with Crippen molar-refractivity contribution in [3.63, 3.8) is 0 Å². The Hall–Kier alpha value is -0.610. The molecule has 2 fully saturated rings. The van der Waals surface area contributed by atoms with E-state index in [0.29, 0.717) is 17.9 Å². The summed E-state index contributed by atoms with van der Waals surface area (Å²) in [4.78, 5) is 17.2. The molecule has 2 aliphatic heterocycles. The van der Waals surface area contributed by atoms with Gasteiger partial charge in [0.2, 0.25) is 5.91 Å². The van der Waals surface area contributed by atoms with Crippen LogP contribution in [0.5, 0.6) is 0 Å². The molecule has 0 aromatic carbocycles. The van der Waals surface area contributed by atoms with Gasteiger partial charge in [-0.2, -0.15) is 0 Å². The third-order valence-corrected chi connectivity index (χ3v) is 4.49. The first-order chi connectivity index (χ1) is 9.13. The Bertz CT molecular complexity index is 307. The van der Waals surface area contributed by atoms with Crippen LogP contribution in [0.25, 0.3) is 0 Å². The normalized spacial score (nSPS) is 29.2. The van der Waals surface area contributed by atoms with Crippen LogP contribution in [-0.2, 0) is 9.53 Å². The van der Waals surface area contributed by atoms with Crippen LogP contribution in [0.15, 0.2) is 0 Å². The van der Waals surface area contributed by atoms with E-state index in [9.17, 15) is 4.79 Å². The minimum atomic E-state index is 0.120. The van der Waals surface area contributed by atoms with Crippen molar-refractivity contribution in [1.29, 1.82) is 0 Å². The van der Waals surface area contributed by atoms with Gasteiger partial charge in [-0.15, -0.1) is 0 Å². The highest BCUT2D eigenvalue weighted by Gasteiger charge is 2.35. The van der Waals surface area contributed by atoms with Crippen molar-refractivity contribution in [2.75, 3.05) is 33.4 Å². The number of piperidine rings is 1. The van der Waals surface area contributed by atoms with Gasteiger partial charge in [0.25, 0.3) is 0 Å². The molecule has 4 nitrogen and oxygen atoms in total. The van der Waals surface area contributed by atoms with Gasteiger partial charge in [-0.1, -0.05) is 6.42 Å². The molecule has 2 rings (SSSR count). The Morgan fingerprint density at radius 1 is 1.26 bits per heavy atom. The summed E-state index contributed by atoms with van der Waals surface area (Å²) in [5, 5.41) is 0. The number of rotatable bonds is 4. The molecule has 0 radical (unpaired) electrons. The summed E-state index contributed by atoms with van der Waals surface area (Å²) in [6, 6.07) is 0.585. The lowest BCUT2D eigenvalue weighted by Gasteiger charge is -2.39. The Balaban J connectivity index is 1.94. The molecule has 0 N–H and O–H groups in total. The standard InChI is InChI=1S/C15H28N2O2/c1-12(2)17-8-5-4-6-14(17)15(18)16-9-7-13(10-16)11-19-3/h12-14H,4-11H2,1-3H3/t13-,14-/m0/s1. The average molecular weight is 268 g/mol. The summed E-state index contributed by atoms with van der Waals surface area (Å²) in [6.45, 7) is 8.04. The van der Waals surface area contributed by atoms with Crippen LogP contribution in [0.2, 0.25) is 0 Å². The van der Waals surface area contributed by atoms with Crippen molar-refractivity contribution in [3.8, 4) is 0 Å². The zero-order valence-corrected chi connectivity index (χ0v) is 12.6. The Morgan fingerprint density at radius 2 is 2.05 bits per heavy atom. The molecule has 0 unspecified atom stereocenters. The number of likely N-dealkylation sites (tertiary alicyclic amines) is 2. The van der Waals surface area contributed by atoms with E-state index in [4.69, 9.17) is 4.74 Å². The van der Waals surface area contributed by atoms with E-state index in [1.54, 1.807) is 7.11 Å². The van der Waals surface area contributed by atoms with Crippen LogP contribution in [0.1, 0.15) is 39.5 Å². The highest BCUT2D eigenvalue weighted by atomic mass is 16.5. The van der Waals surface area contributed by atoms with Crippen molar-refractivity contribution in [2.24, 2.45) is 5.92 Å². The van der Waals surface area contributed by atoms with Gasteiger partial charge in [0.1, 0.15) is 0 Å². The molecule has 0 bridgehead atoms. The zero-order valence-electron chi connectivity index (χ0n) is 12.6. The Morgan fingerprint density at radius 3 is 2.74 bits per heavy atom. The first kappa shape index (κ1) is 14.8. The van der Waals surface area contributed by atoms with E-state index < -0.39 is 0 Å². The van der Waals surface area contributed by atoms with Crippen LogP contribution < -0.4 is 0 Å². The molecule has 0 aromatic rings. The first-order valence-electron chi connectivity index (χ1n) is 7.67. The van der Waals surface area contributed by atoms with Gasteiger partial charge in [-0.05, 0) is 39.7 Å². The van der Waals surface area contributed by atoms with Crippen LogP contribution >= 0.6 is 0 Å². The van der Waals surface area contributed by atoms with E-state index in [0.717, 1.165) is 39.1 Å². The van der Waals surface area contributed by atoms with Gasteiger partial charge in [0, 0.05) is 32.2 Å². The first-order valence-corrected chi connectivity index (χ1v) is 7.67. The minimum Gasteiger partial charge on any atom is -0.384 e. The molecule has 2 atom stereocenters. The molecule has 2 saturated heterocycles. The summed E-state index contributed by atoms with van der Waals surface area (Å²) in [6.07, 6.45) is 4.54. The maximum Gasteiger partial charge on any atom is 0.239 e. The van der Waals surface area contributed by atoms with Crippen LogP contribution in [0.3, 0.4) is 0 Å². The Kier molecular flexibility index (Phi) is 5.22. The highest BCUT2D eigenvalue weighted by Crippen LogP contribution is 2.24. The molecule has 19 heavy (non-hydrogen) atoms. The summed E-state index contributed by atoms with van der Waals surface area (Å²) >= 11 is 0. The van der Waals surface area contributed by atoms with Crippen molar-refractivity contribution < 1.29 is 9.53 Å². The van der Waals surface area contributed by atoms with E-state index in [1.165, 1.54) is 12.8 Å². The average Bonchev–Trinajstić information content (AvgIpc) is 2.87. The predicted molar refractivity (Wildman–Crippen MR) is 76.0 cm³/mol. The van der Waals surface area contributed by atoms with E-state index in [1.807, 2.05) is 0 Å². The van der Waals surface area contributed by atoms with E-state index in [-0.39, 0.29) is 6.04 Å². The fourth-order valence-electron chi connectivity index (χ4n) is 3.45. The lowest BCUT2D eigenvalue weighted by molar-refractivity contribution is -0.138. The molecule has 0 spiro atoms. The van der Waals surface area contributed by atoms with Crippen LogP contribution in [0.4, 0.5) is 0 Å². The van der Waals surface area contributed by atoms with Crippen molar-refractivity contribution in [3.05, 3.63) is 0 Å². The highest BCUT2D eigenvalue weighted by molar-refractivity contribution is 5.82. The van der Waals surface area contributed by atoms with Gasteiger partial charge >= 0.3 is 0 Å². The van der Waals surface area contributed by atoms with Gasteiger partial charge in [0.15, 0.2) is 0 Å². The number of ether oxygens (including phenoxy) is 1. The number of carbonyl (C=O) groups is 1. The lowest BCUT2D eigenvalue weighted by atomic mass is 9.99. The predicted octanol–water partition coefficient (Wildman–Crippen LogP) is 1.74. The molecule has 0 aliphatic carbocycles. The molecule has 2 aliphatic rings. The second-order valence-corrected chi connectivity index (χ2v) is 6.24. The number of hydrogen-bond donors (Lipinski definition) is 0. The fourth-order valence-corrected chi connectivity index (χ4v) is 3.45. The number of amides is 1. The number of carbonyl (C=O) groups excluding carboxylic acids is 1. The van der Waals surface area contributed by atoms with E-state index >= 15 is 0 Å². The second-order valence-electron chi connectivity index (χ2n) is 6.24. The lowest BCUT2D eigenvalue weighted by Crippen LogP contribution is -2.52. The zero-order chi connectivity index (χ0) is 13.8.